The van der Waals surface area contributed by atoms with Crippen LogP contribution in [0, 0.1) is 0 Å². The van der Waals surface area contributed by atoms with Crippen molar-refractivity contribution in [3.8, 4) is 0 Å². The average molecular weight is 454 g/mol. The minimum atomic E-state index is -1.12. The standard InChI is InChI=1S/C16H24BrNO9/c1-8(19)18-13-15(26-11(4)22)14(25-10(3)21)12(7-24-9(2)20)27-16(13)23-6-5-17/h12-16H,5-7H2,1-4H3,(H,18,19)/t12-,13-,14-,15-,16+/m1/s1. The van der Waals surface area contributed by atoms with Crippen molar-refractivity contribution in [2.75, 3.05) is 18.5 Å². The van der Waals surface area contributed by atoms with E-state index in [1.165, 1.54) is 27.7 Å². The lowest BCUT2D eigenvalue weighted by atomic mass is 9.96. The Hall–Kier alpha value is -1.72. The van der Waals surface area contributed by atoms with Crippen LogP contribution in [0.5, 0.6) is 0 Å². The summed E-state index contributed by atoms with van der Waals surface area (Å²) in [6, 6.07) is -0.941. The third-order valence-electron chi connectivity index (χ3n) is 3.43. The lowest BCUT2D eigenvalue weighted by molar-refractivity contribution is -0.276. The minimum absolute atomic E-state index is 0.228. The van der Waals surface area contributed by atoms with Gasteiger partial charge in [-0.3, -0.25) is 19.2 Å². The molecular weight excluding hydrogens is 430 g/mol. The molecule has 0 radical (unpaired) electrons. The van der Waals surface area contributed by atoms with Gasteiger partial charge in [-0.1, -0.05) is 15.9 Å². The third kappa shape index (κ3) is 7.81. The molecule has 0 bridgehead atoms. The highest BCUT2D eigenvalue weighted by Gasteiger charge is 2.51. The van der Waals surface area contributed by atoms with Crippen LogP contribution in [0.3, 0.4) is 0 Å². The Morgan fingerprint density at radius 1 is 0.963 bits per heavy atom. The van der Waals surface area contributed by atoms with Gasteiger partial charge >= 0.3 is 17.9 Å². The fraction of sp³-hybridized carbons (Fsp3) is 0.750. The molecular formula is C16H24BrNO9. The molecule has 154 valence electrons. The molecule has 0 spiro atoms. The number of ether oxygens (including phenoxy) is 5. The van der Waals surface area contributed by atoms with E-state index in [1.807, 2.05) is 0 Å². The first-order chi connectivity index (χ1) is 12.6. The molecule has 1 N–H and O–H groups in total. The quantitative estimate of drug-likeness (QED) is 0.308. The number of nitrogens with one attached hydrogen (secondary N) is 1. The van der Waals surface area contributed by atoms with Crippen LogP contribution in [-0.4, -0.2) is 73.0 Å². The molecule has 5 atom stereocenters. The van der Waals surface area contributed by atoms with Crippen molar-refractivity contribution in [2.45, 2.75) is 58.3 Å². The fourth-order valence-corrected chi connectivity index (χ4v) is 2.78. The maximum atomic E-state index is 11.6. The van der Waals surface area contributed by atoms with Crippen molar-refractivity contribution in [1.82, 2.24) is 5.32 Å². The number of hydrogen-bond donors (Lipinski definition) is 1. The molecule has 0 aliphatic carbocycles. The van der Waals surface area contributed by atoms with Crippen LogP contribution in [0.25, 0.3) is 0 Å². The molecule has 27 heavy (non-hydrogen) atoms. The van der Waals surface area contributed by atoms with Gasteiger partial charge in [-0.25, -0.2) is 0 Å². The first-order valence-corrected chi connectivity index (χ1v) is 9.35. The van der Waals surface area contributed by atoms with Crippen LogP contribution in [0.1, 0.15) is 27.7 Å². The minimum Gasteiger partial charge on any atom is -0.463 e. The summed E-state index contributed by atoms with van der Waals surface area (Å²) >= 11 is 3.22. The summed E-state index contributed by atoms with van der Waals surface area (Å²) < 4.78 is 26.9. The summed E-state index contributed by atoms with van der Waals surface area (Å²) in [4.78, 5) is 46.0. The molecule has 1 aliphatic heterocycles. The van der Waals surface area contributed by atoms with Crippen LogP contribution >= 0.6 is 15.9 Å². The third-order valence-corrected chi connectivity index (χ3v) is 3.75. The van der Waals surface area contributed by atoms with Crippen LogP contribution < -0.4 is 5.32 Å². The lowest BCUT2D eigenvalue weighted by Crippen LogP contribution is -2.66. The van der Waals surface area contributed by atoms with Crippen LogP contribution in [-0.2, 0) is 42.9 Å². The monoisotopic (exact) mass is 453 g/mol. The van der Waals surface area contributed by atoms with E-state index in [2.05, 4.69) is 21.2 Å². The predicted octanol–water partition coefficient (Wildman–Crippen LogP) is 0.0540. The zero-order valence-corrected chi connectivity index (χ0v) is 17.1. The number of carbonyl (C=O) groups excluding carboxylic acids is 4. The van der Waals surface area contributed by atoms with Crippen molar-refractivity contribution >= 4 is 39.7 Å². The Labute approximate surface area is 165 Å². The van der Waals surface area contributed by atoms with Crippen molar-refractivity contribution in [3.63, 3.8) is 0 Å². The Balaban J connectivity index is 3.22. The number of alkyl halides is 1. The largest absolute Gasteiger partial charge is 0.463 e. The van der Waals surface area contributed by atoms with E-state index in [-0.39, 0.29) is 13.2 Å². The van der Waals surface area contributed by atoms with Crippen molar-refractivity contribution in [1.29, 1.82) is 0 Å². The molecule has 0 aromatic carbocycles. The summed E-state index contributed by atoms with van der Waals surface area (Å²) in [6.45, 7) is 4.82. The van der Waals surface area contributed by atoms with Gasteiger partial charge in [-0.2, -0.15) is 0 Å². The van der Waals surface area contributed by atoms with Gasteiger partial charge < -0.3 is 29.0 Å². The molecule has 0 unspecified atom stereocenters. The van der Waals surface area contributed by atoms with E-state index >= 15 is 0 Å². The fourth-order valence-electron chi connectivity index (χ4n) is 2.59. The molecule has 1 heterocycles. The summed E-state index contributed by atoms with van der Waals surface area (Å²) in [7, 11) is 0. The van der Waals surface area contributed by atoms with Gasteiger partial charge in [0.05, 0.1) is 6.61 Å². The van der Waals surface area contributed by atoms with Crippen LogP contribution in [0.2, 0.25) is 0 Å². The van der Waals surface area contributed by atoms with E-state index in [0.717, 1.165) is 0 Å². The predicted molar refractivity (Wildman–Crippen MR) is 93.8 cm³/mol. The Bertz CT molecular complexity index is 556. The van der Waals surface area contributed by atoms with Crippen LogP contribution in [0.4, 0.5) is 0 Å². The Morgan fingerprint density at radius 3 is 2.04 bits per heavy atom. The molecule has 1 aliphatic rings. The summed E-state index contributed by atoms with van der Waals surface area (Å²) in [5, 5.41) is 3.09. The summed E-state index contributed by atoms with van der Waals surface area (Å²) in [5.74, 6) is -2.30. The second-order valence-electron chi connectivity index (χ2n) is 5.78. The van der Waals surface area contributed by atoms with Gasteiger partial charge in [-0.05, 0) is 0 Å². The molecule has 1 fully saturated rings. The SMILES string of the molecule is CC(=O)N[C@H]1[C@@H](OCCBr)O[C@H](COC(C)=O)[C@@H](OC(C)=O)[C@@H]1OC(C)=O. The number of carbonyl (C=O) groups is 4. The number of halogens is 1. The van der Waals surface area contributed by atoms with Gasteiger partial charge in [0.15, 0.2) is 18.5 Å². The highest BCUT2D eigenvalue weighted by Crippen LogP contribution is 2.28. The smallest absolute Gasteiger partial charge is 0.303 e. The second kappa shape index (κ2) is 11.2. The molecule has 0 aromatic rings. The zero-order chi connectivity index (χ0) is 20.6. The summed E-state index contributed by atoms with van der Waals surface area (Å²) in [5.41, 5.74) is 0. The van der Waals surface area contributed by atoms with Gasteiger partial charge in [0.1, 0.15) is 18.8 Å². The molecule has 0 saturated carbocycles. The molecule has 1 rings (SSSR count). The van der Waals surface area contributed by atoms with Crippen molar-refractivity contribution in [2.24, 2.45) is 0 Å². The Morgan fingerprint density at radius 2 is 1.56 bits per heavy atom. The normalized spacial score (nSPS) is 27.4. The summed E-state index contributed by atoms with van der Waals surface area (Å²) in [6.07, 6.45) is -4.22. The van der Waals surface area contributed by atoms with Gasteiger partial charge in [0.2, 0.25) is 5.91 Å². The van der Waals surface area contributed by atoms with E-state index < -0.39 is 54.5 Å². The number of hydrogen-bond acceptors (Lipinski definition) is 9. The van der Waals surface area contributed by atoms with E-state index in [4.69, 9.17) is 23.7 Å². The van der Waals surface area contributed by atoms with Gasteiger partial charge in [-0.15, -0.1) is 0 Å². The average Bonchev–Trinajstić information content (AvgIpc) is 2.54. The molecule has 11 heteroatoms. The molecule has 10 nitrogen and oxygen atoms in total. The topological polar surface area (TPSA) is 126 Å². The molecule has 0 aromatic heterocycles. The van der Waals surface area contributed by atoms with Crippen molar-refractivity contribution < 1.29 is 42.9 Å². The molecule has 1 saturated heterocycles. The second-order valence-corrected chi connectivity index (χ2v) is 6.57. The zero-order valence-electron chi connectivity index (χ0n) is 15.6. The first-order valence-electron chi connectivity index (χ1n) is 8.23. The van der Waals surface area contributed by atoms with E-state index in [1.54, 1.807) is 0 Å². The van der Waals surface area contributed by atoms with E-state index in [9.17, 15) is 19.2 Å². The number of amides is 1. The van der Waals surface area contributed by atoms with E-state index in [0.29, 0.717) is 5.33 Å². The van der Waals surface area contributed by atoms with Crippen molar-refractivity contribution in [3.05, 3.63) is 0 Å². The Kier molecular flexibility index (Phi) is 9.67. The lowest BCUT2D eigenvalue weighted by Gasteiger charge is -2.44. The van der Waals surface area contributed by atoms with Gasteiger partial charge in [0, 0.05) is 33.0 Å². The number of rotatable bonds is 8. The highest BCUT2D eigenvalue weighted by molar-refractivity contribution is 9.09. The highest BCUT2D eigenvalue weighted by atomic mass is 79.9. The number of esters is 3. The first kappa shape index (κ1) is 23.3. The maximum Gasteiger partial charge on any atom is 0.303 e. The van der Waals surface area contributed by atoms with Gasteiger partial charge in [0.25, 0.3) is 0 Å². The molecule has 1 amide bonds. The maximum absolute atomic E-state index is 11.6. The van der Waals surface area contributed by atoms with Crippen LogP contribution in [0.15, 0.2) is 0 Å².